The van der Waals surface area contributed by atoms with Crippen LogP contribution in [0.25, 0.3) is 22.6 Å². The van der Waals surface area contributed by atoms with Crippen molar-refractivity contribution in [3.05, 3.63) is 46.9 Å². The average molecular weight is 241 g/mol. The molecule has 1 N–H and O–H groups in total. The van der Waals surface area contributed by atoms with Gasteiger partial charge in [-0.15, -0.1) is 0 Å². The van der Waals surface area contributed by atoms with E-state index in [1.54, 1.807) is 18.5 Å². The number of imidazole rings is 1. The molecule has 0 saturated carbocycles. The largest absolute Gasteiger partial charge is 0.323 e. The quantitative estimate of drug-likeness (QED) is 0.546. The standard InChI is InChI=1S/C11H7N5O2/c17-16(18)8-4-9-11(13-6-8)15-10(14-9)7-2-1-3-12-5-7/h1-6H,(H,13,14,15). The average Bonchev–Trinajstić information content (AvgIpc) is 2.82. The molecule has 3 aromatic rings. The topological polar surface area (TPSA) is 97.6 Å². The molecule has 7 heteroatoms. The second-order valence-electron chi connectivity index (χ2n) is 3.65. The van der Waals surface area contributed by atoms with Gasteiger partial charge in [0, 0.05) is 24.0 Å². The Labute approximate surface area is 101 Å². The number of hydrogen-bond acceptors (Lipinski definition) is 5. The van der Waals surface area contributed by atoms with E-state index in [1.165, 1.54) is 12.3 Å². The SMILES string of the molecule is O=[N+]([O-])c1cnc2[nH]c(-c3cccnc3)nc2c1. The van der Waals surface area contributed by atoms with Crippen molar-refractivity contribution in [2.75, 3.05) is 0 Å². The van der Waals surface area contributed by atoms with E-state index >= 15 is 0 Å². The lowest BCUT2D eigenvalue weighted by atomic mass is 10.3. The zero-order valence-electron chi connectivity index (χ0n) is 9.07. The van der Waals surface area contributed by atoms with Gasteiger partial charge in [0.05, 0.1) is 4.92 Å². The van der Waals surface area contributed by atoms with E-state index in [4.69, 9.17) is 0 Å². The molecule has 0 aliphatic carbocycles. The summed E-state index contributed by atoms with van der Waals surface area (Å²) in [6, 6.07) is 5.02. The van der Waals surface area contributed by atoms with Crippen LogP contribution in [0.2, 0.25) is 0 Å². The molecule has 18 heavy (non-hydrogen) atoms. The van der Waals surface area contributed by atoms with Gasteiger partial charge >= 0.3 is 0 Å². The summed E-state index contributed by atoms with van der Waals surface area (Å²) < 4.78 is 0. The van der Waals surface area contributed by atoms with Crippen LogP contribution in [0, 0.1) is 10.1 Å². The van der Waals surface area contributed by atoms with Gasteiger partial charge in [-0.05, 0) is 12.1 Å². The predicted molar refractivity (Wildman–Crippen MR) is 63.8 cm³/mol. The number of pyridine rings is 2. The summed E-state index contributed by atoms with van der Waals surface area (Å²) in [6.07, 6.45) is 4.52. The third-order valence-electron chi connectivity index (χ3n) is 2.47. The van der Waals surface area contributed by atoms with Crippen LogP contribution in [-0.2, 0) is 0 Å². The first kappa shape index (κ1) is 10.3. The van der Waals surface area contributed by atoms with Crippen LogP contribution in [0.4, 0.5) is 5.69 Å². The van der Waals surface area contributed by atoms with Crippen molar-refractivity contribution in [3.63, 3.8) is 0 Å². The molecule has 0 aliphatic heterocycles. The molecule has 3 heterocycles. The number of fused-ring (bicyclic) bond motifs is 1. The van der Waals surface area contributed by atoms with Crippen molar-refractivity contribution in [1.82, 2.24) is 19.9 Å². The molecule has 3 aromatic heterocycles. The zero-order chi connectivity index (χ0) is 12.5. The summed E-state index contributed by atoms with van der Waals surface area (Å²) in [5.41, 5.74) is 1.70. The predicted octanol–water partition coefficient (Wildman–Crippen LogP) is 1.93. The maximum Gasteiger partial charge on any atom is 0.289 e. The van der Waals surface area contributed by atoms with Gasteiger partial charge in [-0.3, -0.25) is 15.1 Å². The maximum absolute atomic E-state index is 10.6. The Morgan fingerprint density at radius 3 is 2.94 bits per heavy atom. The molecule has 0 saturated heterocycles. The Balaban J connectivity index is 2.14. The monoisotopic (exact) mass is 241 g/mol. The molecule has 0 radical (unpaired) electrons. The lowest BCUT2D eigenvalue weighted by Gasteiger charge is -1.92. The van der Waals surface area contributed by atoms with Gasteiger partial charge < -0.3 is 4.98 Å². The van der Waals surface area contributed by atoms with Crippen molar-refractivity contribution in [2.24, 2.45) is 0 Å². The van der Waals surface area contributed by atoms with E-state index in [-0.39, 0.29) is 5.69 Å². The molecule has 0 bridgehead atoms. The Morgan fingerprint density at radius 1 is 1.33 bits per heavy atom. The van der Waals surface area contributed by atoms with Crippen molar-refractivity contribution < 1.29 is 4.92 Å². The lowest BCUT2D eigenvalue weighted by molar-refractivity contribution is -0.385. The van der Waals surface area contributed by atoms with E-state index in [0.29, 0.717) is 17.0 Å². The van der Waals surface area contributed by atoms with E-state index < -0.39 is 4.92 Å². The molecule has 0 fully saturated rings. The molecule has 88 valence electrons. The van der Waals surface area contributed by atoms with Crippen LogP contribution in [0.15, 0.2) is 36.8 Å². The van der Waals surface area contributed by atoms with Crippen LogP contribution < -0.4 is 0 Å². The molecule has 0 aliphatic rings. The first-order valence-corrected chi connectivity index (χ1v) is 5.14. The number of aromatic nitrogens is 4. The van der Waals surface area contributed by atoms with Gasteiger partial charge in [0.2, 0.25) is 0 Å². The second-order valence-corrected chi connectivity index (χ2v) is 3.65. The number of H-pyrrole nitrogens is 1. The minimum Gasteiger partial charge on any atom is -0.323 e. The van der Waals surface area contributed by atoms with Crippen molar-refractivity contribution in [1.29, 1.82) is 0 Å². The highest BCUT2D eigenvalue weighted by Gasteiger charge is 2.11. The maximum atomic E-state index is 10.6. The van der Waals surface area contributed by atoms with E-state index in [0.717, 1.165) is 5.56 Å². The highest BCUT2D eigenvalue weighted by molar-refractivity contribution is 5.77. The van der Waals surface area contributed by atoms with Crippen LogP contribution in [0.5, 0.6) is 0 Å². The summed E-state index contributed by atoms with van der Waals surface area (Å²) in [4.78, 5) is 25.4. The Kier molecular flexibility index (Phi) is 2.23. The number of hydrogen-bond donors (Lipinski definition) is 1. The number of aromatic amines is 1. The van der Waals surface area contributed by atoms with Gasteiger partial charge in [0.1, 0.15) is 17.5 Å². The summed E-state index contributed by atoms with van der Waals surface area (Å²) >= 11 is 0. The van der Waals surface area contributed by atoms with E-state index in [2.05, 4.69) is 19.9 Å². The number of nitro groups is 1. The first-order valence-electron chi connectivity index (χ1n) is 5.14. The molecule has 0 atom stereocenters. The fourth-order valence-corrected chi connectivity index (χ4v) is 1.62. The van der Waals surface area contributed by atoms with E-state index in [9.17, 15) is 10.1 Å². The number of nitrogens with one attached hydrogen (secondary N) is 1. The van der Waals surface area contributed by atoms with Crippen LogP contribution in [0.3, 0.4) is 0 Å². The molecular weight excluding hydrogens is 234 g/mol. The Hall–Kier alpha value is -2.83. The Bertz CT molecular complexity index is 723. The summed E-state index contributed by atoms with van der Waals surface area (Å²) in [5, 5.41) is 10.6. The lowest BCUT2D eigenvalue weighted by Crippen LogP contribution is -1.88. The highest BCUT2D eigenvalue weighted by atomic mass is 16.6. The van der Waals surface area contributed by atoms with Gasteiger partial charge in [-0.1, -0.05) is 0 Å². The zero-order valence-corrected chi connectivity index (χ0v) is 9.07. The summed E-state index contributed by atoms with van der Waals surface area (Å²) in [7, 11) is 0. The number of nitrogens with zero attached hydrogens (tertiary/aromatic N) is 4. The molecule has 0 amide bonds. The minimum absolute atomic E-state index is 0.0771. The minimum atomic E-state index is -0.495. The van der Waals surface area contributed by atoms with Gasteiger partial charge in [0.25, 0.3) is 5.69 Å². The highest BCUT2D eigenvalue weighted by Crippen LogP contribution is 2.21. The van der Waals surface area contributed by atoms with Crippen LogP contribution in [-0.4, -0.2) is 24.9 Å². The fourth-order valence-electron chi connectivity index (χ4n) is 1.62. The van der Waals surface area contributed by atoms with Crippen molar-refractivity contribution in [3.8, 4) is 11.4 Å². The van der Waals surface area contributed by atoms with Crippen molar-refractivity contribution in [2.45, 2.75) is 0 Å². The number of rotatable bonds is 2. The van der Waals surface area contributed by atoms with Crippen LogP contribution in [0.1, 0.15) is 0 Å². The normalized spacial score (nSPS) is 10.7. The Morgan fingerprint density at radius 2 is 2.22 bits per heavy atom. The molecule has 0 aromatic carbocycles. The molecule has 3 rings (SSSR count). The van der Waals surface area contributed by atoms with Crippen molar-refractivity contribution >= 4 is 16.9 Å². The fraction of sp³-hybridized carbons (Fsp3) is 0. The second kappa shape index (κ2) is 3.88. The molecule has 0 unspecified atom stereocenters. The van der Waals surface area contributed by atoms with Gasteiger partial charge in [-0.25, -0.2) is 9.97 Å². The summed E-state index contributed by atoms with van der Waals surface area (Å²) in [5.74, 6) is 0.589. The molecular formula is C11H7N5O2. The van der Waals surface area contributed by atoms with Gasteiger partial charge in [0.15, 0.2) is 5.65 Å². The molecule has 7 nitrogen and oxygen atoms in total. The van der Waals surface area contributed by atoms with Gasteiger partial charge in [-0.2, -0.15) is 0 Å². The van der Waals surface area contributed by atoms with Crippen LogP contribution >= 0.6 is 0 Å². The third-order valence-corrected chi connectivity index (χ3v) is 2.47. The molecule has 0 spiro atoms. The first-order chi connectivity index (χ1) is 8.74. The smallest absolute Gasteiger partial charge is 0.289 e. The van der Waals surface area contributed by atoms with E-state index in [1.807, 2.05) is 6.07 Å². The third kappa shape index (κ3) is 1.67. The summed E-state index contributed by atoms with van der Waals surface area (Å²) in [6.45, 7) is 0.